The first-order valence-corrected chi connectivity index (χ1v) is 12.5. The van der Waals surface area contributed by atoms with E-state index in [2.05, 4.69) is 64.7 Å². The summed E-state index contributed by atoms with van der Waals surface area (Å²) >= 11 is 1.42. The first-order valence-electron chi connectivity index (χ1n) is 10.4. The SMILES string of the molecule is CCCC(=O)SCCCOCOP(N(C(C)C)C(C)C)N(C(C)C)C(C)C. The number of carbonyl (C=O) groups excluding carboxylic acids is 1. The standard InChI is InChI=1S/C20H43N2O3PS/c1-10-12-20(23)27-14-11-13-24-15-25-26(21(16(2)3)17(4)5)22(18(6)7)19(8)9/h16-19H,10-15H2,1-9H3. The molecule has 0 bridgehead atoms. The Bertz CT molecular complexity index is 359. The highest BCUT2D eigenvalue weighted by atomic mass is 32.2. The summed E-state index contributed by atoms with van der Waals surface area (Å²) in [5.74, 6) is 0.821. The smallest absolute Gasteiger partial charge is 0.191 e. The topological polar surface area (TPSA) is 42.0 Å². The fraction of sp³-hybridized carbons (Fsp3) is 0.950. The Morgan fingerprint density at radius 3 is 1.81 bits per heavy atom. The Morgan fingerprint density at radius 2 is 1.41 bits per heavy atom. The number of hydrogen-bond acceptors (Lipinski definition) is 6. The quantitative estimate of drug-likeness (QED) is 0.186. The predicted octanol–water partition coefficient (Wildman–Crippen LogP) is 5.89. The van der Waals surface area contributed by atoms with Crippen molar-refractivity contribution in [3.63, 3.8) is 0 Å². The highest BCUT2D eigenvalue weighted by Gasteiger charge is 2.34. The van der Waals surface area contributed by atoms with E-state index in [1.54, 1.807) is 0 Å². The second kappa shape index (κ2) is 15.2. The van der Waals surface area contributed by atoms with E-state index >= 15 is 0 Å². The van der Waals surface area contributed by atoms with E-state index in [0.29, 0.717) is 44.0 Å². The van der Waals surface area contributed by atoms with Crippen molar-refractivity contribution in [3.8, 4) is 0 Å². The number of hydrogen-bond donors (Lipinski definition) is 0. The van der Waals surface area contributed by atoms with E-state index in [0.717, 1.165) is 18.6 Å². The van der Waals surface area contributed by atoms with Gasteiger partial charge in [-0.2, -0.15) is 0 Å². The van der Waals surface area contributed by atoms with E-state index in [-0.39, 0.29) is 5.12 Å². The molecule has 27 heavy (non-hydrogen) atoms. The number of carbonyl (C=O) groups is 1. The molecule has 0 saturated carbocycles. The fourth-order valence-electron chi connectivity index (χ4n) is 3.00. The van der Waals surface area contributed by atoms with Crippen LogP contribution in [-0.2, 0) is 14.1 Å². The second-order valence-electron chi connectivity index (χ2n) is 7.87. The van der Waals surface area contributed by atoms with Gasteiger partial charge in [-0.15, -0.1) is 0 Å². The molecule has 0 aliphatic heterocycles. The molecular formula is C20H43N2O3PS. The van der Waals surface area contributed by atoms with Gasteiger partial charge in [-0.05, 0) is 68.2 Å². The normalized spacial score (nSPS) is 12.7. The largest absolute Gasteiger partial charge is 0.355 e. The molecule has 0 aliphatic carbocycles. The van der Waals surface area contributed by atoms with Gasteiger partial charge >= 0.3 is 0 Å². The Balaban J connectivity index is 4.63. The molecule has 0 aromatic carbocycles. The maximum atomic E-state index is 11.5. The summed E-state index contributed by atoms with van der Waals surface area (Å²) in [7, 11) is -0.903. The summed E-state index contributed by atoms with van der Waals surface area (Å²) in [6.07, 6.45) is 2.46. The van der Waals surface area contributed by atoms with Gasteiger partial charge < -0.3 is 9.26 Å². The van der Waals surface area contributed by atoms with Gasteiger partial charge in [0.2, 0.25) is 0 Å². The minimum atomic E-state index is -0.903. The van der Waals surface area contributed by atoms with E-state index in [4.69, 9.17) is 9.26 Å². The van der Waals surface area contributed by atoms with Gasteiger partial charge in [-0.3, -0.25) is 4.79 Å². The number of nitrogens with zero attached hydrogens (tertiary/aromatic N) is 2. The van der Waals surface area contributed by atoms with Gasteiger partial charge in [-0.25, -0.2) is 9.34 Å². The lowest BCUT2D eigenvalue weighted by molar-refractivity contribution is -0.111. The zero-order chi connectivity index (χ0) is 21.0. The summed E-state index contributed by atoms with van der Waals surface area (Å²) < 4.78 is 17.0. The van der Waals surface area contributed by atoms with Crippen molar-refractivity contribution in [1.29, 1.82) is 0 Å². The molecule has 0 unspecified atom stereocenters. The maximum absolute atomic E-state index is 11.5. The van der Waals surface area contributed by atoms with E-state index in [9.17, 15) is 4.79 Å². The lowest BCUT2D eigenvalue weighted by Crippen LogP contribution is -2.43. The average molecular weight is 423 g/mol. The monoisotopic (exact) mass is 422 g/mol. The van der Waals surface area contributed by atoms with Crippen LogP contribution in [0.3, 0.4) is 0 Å². The summed E-state index contributed by atoms with van der Waals surface area (Å²) in [5.41, 5.74) is 0. The molecule has 0 aromatic heterocycles. The van der Waals surface area contributed by atoms with Crippen LogP contribution in [0, 0.1) is 0 Å². The molecule has 0 amide bonds. The van der Waals surface area contributed by atoms with Gasteiger partial charge in [-0.1, -0.05) is 18.7 Å². The highest BCUT2D eigenvalue weighted by molar-refractivity contribution is 8.13. The van der Waals surface area contributed by atoms with Crippen LogP contribution in [0.1, 0.15) is 81.6 Å². The number of rotatable bonds is 15. The molecule has 0 radical (unpaired) electrons. The van der Waals surface area contributed by atoms with Crippen molar-refractivity contribution in [1.82, 2.24) is 9.34 Å². The van der Waals surface area contributed by atoms with Crippen molar-refractivity contribution >= 4 is 25.3 Å². The maximum Gasteiger partial charge on any atom is 0.191 e. The Kier molecular flexibility index (Phi) is 15.3. The first kappa shape index (κ1) is 27.3. The summed E-state index contributed by atoms with van der Waals surface area (Å²) in [6, 6.07) is 1.60. The molecule has 162 valence electrons. The third-order valence-corrected chi connectivity index (χ3v) is 7.91. The Labute approximate surface area is 173 Å². The van der Waals surface area contributed by atoms with Gasteiger partial charge in [0.1, 0.15) is 0 Å². The molecule has 0 spiro atoms. The van der Waals surface area contributed by atoms with Crippen LogP contribution < -0.4 is 0 Å². The van der Waals surface area contributed by atoms with E-state index < -0.39 is 8.45 Å². The van der Waals surface area contributed by atoms with Crippen molar-refractivity contribution in [2.24, 2.45) is 0 Å². The Hall–Kier alpha value is 0.290. The third-order valence-electron chi connectivity index (χ3n) is 3.91. The lowest BCUT2D eigenvalue weighted by atomic mass is 10.3. The molecular weight excluding hydrogens is 379 g/mol. The molecule has 0 aliphatic rings. The third kappa shape index (κ3) is 11.2. The lowest BCUT2D eigenvalue weighted by Gasteiger charge is -2.45. The second-order valence-corrected chi connectivity index (χ2v) is 10.7. The van der Waals surface area contributed by atoms with E-state index in [1.807, 2.05) is 6.92 Å². The van der Waals surface area contributed by atoms with Crippen LogP contribution in [0.5, 0.6) is 0 Å². The van der Waals surface area contributed by atoms with Gasteiger partial charge in [0.25, 0.3) is 0 Å². The van der Waals surface area contributed by atoms with Crippen LogP contribution in [0.4, 0.5) is 0 Å². The number of thioether (sulfide) groups is 1. The molecule has 0 N–H and O–H groups in total. The Morgan fingerprint density at radius 1 is 0.926 bits per heavy atom. The molecule has 7 heteroatoms. The molecule has 0 heterocycles. The van der Waals surface area contributed by atoms with Gasteiger partial charge in [0.05, 0.1) is 6.61 Å². The van der Waals surface area contributed by atoms with Crippen molar-refractivity contribution < 1.29 is 14.1 Å². The summed E-state index contributed by atoms with van der Waals surface area (Å²) in [4.78, 5) is 11.5. The fourth-order valence-corrected chi connectivity index (χ4v) is 6.09. The summed E-state index contributed by atoms with van der Waals surface area (Å²) in [5, 5.41) is 0.284. The minimum absolute atomic E-state index is 0.284. The van der Waals surface area contributed by atoms with Crippen molar-refractivity contribution in [3.05, 3.63) is 0 Å². The molecule has 5 nitrogen and oxygen atoms in total. The molecule has 0 aromatic rings. The van der Waals surface area contributed by atoms with Crippen LogP contribution in [-0.4, -0.2) is 57.8 Å². The van der Waals surface area contributed by atoms with Crippen molar-refractivity contribution in [2.45, 2.75) is 106 Å². The van der Waals surface area contributed by atoms with Gasteiger partial charge in [0, 0.05) is 36.3 Å². The molecule has 0 fully saturated rings. The van der Waals surface area contributed by atoms with Crippen LogP contribution in [0.2, 0.25) is 0 Å². The van der Waals surface area contributed by atoms with Crippen LogP contribution in [0.15, 0.2) is 0 Å². The minimum Gasteiger partial charge on any atom is -0.355 e. The molecule has 0 saturated heterocycles. The van der Waals surface area contributed by atoms with Crippen molar-refractivity contribution in [2.75, 3.05) is 19.2 Å². The number of ether oxygens (including phenoxy) is 1. The van der Waals surface area contributed by atoms with Crippen LogP contribution >= 0.6 is 20.2 Å². The van der Waals surface area contributed by atoms with Crippen LogP contribution in [0.25, 0.3) is 0 Å². The first-order chi connectivity index (χ1) is 12.6. The average Bonchev–Trinajstić information content (AvgIpc) is 2.52. The molecule has 0 rings (SSSR count). The van der Waals surface area contributed by atoms with E-state index in [1.165, 1.54) is 11.8 Å². The summed E-state index contributed by atoms with van der Waals surface area (Å²) in [6.45, 7) is 20.8. The molecule has 0 atom stereocenters. The zero-order valence-electron chi connectivity index (χ0n) is 19.0. The highest BCUT2D eigenvalue weighted by Crippen LogP contribution is 2.50. The predicted molar refractivity (Wildman–Crippen MR) is 120 cm³/mol. The van der Waals surface area contributed by atoms with Gasteiger partial charge in [0.15, 0.2) is 20.4 Å². The zero-order valence-corrected chi connectivity index (χ0v) is 20.7.